The third-order valence-corrected chi connectivity index (χ3v) is 6.91. The molecule has 0 atom stereocenters. The molecule has 0 aliphatic rings. The topological polar surface area (TPSA) is 59.8 Å². The number of aromatic nitrogens is 3. The first-order chi connectivity index (χ1) is 14.6. The highest BCUT2D eigenvalue weighted by atomic mass is 35.5. The Kier molecular flexibility index (Phi) is 7.33. The van der Waals surface area contributed by atoms with Crippen LogP contribution in [0.2, 0.25) is 5.02 Å². The highest BCUT2D eigenvalue weighted by molar-refractivity contribution is 7.99. The number of thiophene rings is 1. The second-order valence-corrected chi connectivity index (χ2v) is 9.26. The molecule has 0 saturated carbocycles. The van der Waals surface area contributed by atoms with Crippen LogP contribution in [0.15, 0.2) is 34.8 Å². The number of benzene rings is 1. The number of halogens is 4. The maximum atomic E-state index is 12.9. The van der Waals surface area contributed by atoms with Crippen LogP contribution in [0.4, 0.5) is 18.9 Å². The predicted octanol–water partition coefficient (Wildman–Crippen LogP) is 6.55. The van der Waals surface area contributed by atoms with E-state index in [1.165, 1.54) is 4.88 Å². The standard InChI is InChI=1S/C20H20ClF3N4OS2/c1-4-28-18(12-7-16(11(2)3)30-9-12)26-27-19(28)31-10-17(29)25-15-8-13(20(22,23)24)5-6-14(15)21/h5-9,11H,4,10H2,1-3H3,(H,25,29). The number of nitrogens with one attached hydrogen (secondary N) is 1. The molecule has 3 rings (SSSR count). The number of anilines is 1. The third-order valence-electron chi connectivity index (χ3n) is 4.38. The molecule has 166 valence electrons. The molecular formula is C20H20ClF3N4OS2. The summed E-state index contributed by atoms with van der Waals surface area (Å²) < 4.78 is 40.6. The van der Waals surface area contributed by atoms with Gasteiger partial charge in [0.2, 0.25) is 5.91 Å². The van der Waals surface area contributed by atoms with Gasteiger partial charge in [0.15, 0.2) is 11.0 Å². The first kappa shape index (κ1) is 23.6. The summed E-state index contributed by atoms with van der Waals surface area (Å²) in [6.45, 7) is 6.81. The van der Waals surface area contributed by atoms with Crippen LogP contribution in [0.5, 0.6) is 0 Å². The molecule has 1 aromatic carbocycles. The Bertz CT molecular complexity index is 1080. The summed E-state index contributed by atoms with van der Waals surface area (Å²) >= 11 is 8.75. The van der Waals surface area contributed by atoms with Crippen molar-refractivity contribution in [2.45, 2.75) is 44.6 Å². The lowest BCUT2D eigenvalue weighted by Gasteiger charge is -2.11. The van der Waals surface area contributed by atoms with Gasteiger partial charge < -0.3 is 9.88 Å². The Morgan fingerprint density at radius 3 is 2.65 bits per heavy atom. The van der Waals surface area contributed by atoms with Crippen molar-refractivity contribution in [3.05, 3.63) is 45.1 Å². The number of carbonyl (C=O) groups is 1. The normalized spacial score (nSPS) is 11.9. The average molecular weight is 489 g/mol. The van der Waals surface area contributed by atoms with E-state index >= 15 is 0 Å². The molecule has 5 nitrogen and oxygen atoms in total. The average Bonchev–Trinajstić information content (AvgIpc) is 3.33. The van der Waals surface area contributed by atoms with E-state index in [1.54, 1.807) is 11.3 Å². The molecule has 0 saturated heterocycles. The molecule has 0 spiro atoms. The minimum Gasteiger partial charge on any atom is -0.324 e. The van der Waals surface area contributed by atoms with E-state index in [4.69, 9.17) is 11.6 Å². The highest BCUT2D eigenvalue weighted by Gasteiger charge is 2.31. The molecule has 0 radical (unpaired) electrons. The van der Waals surface area contributed by atoms with Gasteiger partial charge in [-0.2, -0.15) is 13.2 Å². The van der Waals surface area contributed by atoms with Crippen molar-refractivity contribution in [3.63, 3.8) is 0 Å². The van der Waals surface area contributed by atoms with E-state index in [0.29, 0.717) is 17.6 Å². The number of carbonyl (C=O) groups excluding carboxylic acids is 1. The highest BCUT2D eigenvalue weighted by Crippen LogP contribution is 2.34. The summed E-state index contributed by atoms with van der Waals surface area (Å²) in [5, 5.41) is 13.5. The lowest BCUT2D eigenvalue weighted by molar-refractivity contribution is -0.137. The van der Waals surface area contributed by atoms with Crippen LogP contribution in [0.3, 0.4) is 0 Å². The fourth-order valence-corrected chi connectivity index (χ4v) is 4.65. The zero-order valence-electron chi connectivity index (χ0n) is 17.0. The SMILES string of the molecule is CCn1c(SCC(=O)Nc2cc(C(F)(F)F)ccc2Cl)nnc1-c1csc(C(C)C)c1. The monoisotopic (exact) mass is 488 g/mol. The van der Waals surface area contributed by atoms with Gasteiger partial charge in [-0.15, -0.1) is 21.5 Å². The second kappa shape index (κ2) is 9.62. The van der Waals surface area contributed by atoms with E-state index < -0.39 is 17.6 Å². The van der Waals surface area contributed by atoms with Crippen molar-refractivity contribution in [1.82, 2.24) is 14.8 Å². The summed E-state index contributed by atoms with van der Waals surface area (Å²) in [5.41, 5.74) is 0.000997. The minimum atomic E-state index is -4.52. The van der Waals surface area contributed by atoms with E-state index in [0.717, 1.165) is 41.3 Å². The Hall–Kier alpha value is -2.04. The number of hydrogen-bond donors (Lipinski definition) is 1. The fourth-order valence-electron chi connectivity index (χ4n) is 2.78. The maximum Gasteiger partial charge on any atom is 0.416 e. The summed E-state index contributed by atoms with van der Waals surface area (Å²) in [6, 6.07) is 4.88. The number of thioether (sulfide) groups is 1. The Balaban J connectivity index is 1.70. The van der Waals surface area contributed by atoms with Gasteiger partial charge in [-0.3, -0.25) is 4.79 Å². The Labute approximate surface area is 191 Å². The molecular weight excluding hydrogens is 469 g/mol. The Morgan fingerprint density at radius 2 is 2.03 bits per heavy atom. The van der Waals surface area contributed by atoms with Gasteiger partial charge in [0.05, 0.1) is 22.0 Å². The van der Waals surface area contributed by atoms with E-state index in [-0.39, 0.29) is 16.5 Å². The summed E-state index contributed by atoms with van der Waals surface area (Å²) in [6.07, 6.45) is -4.52. The van der Waals surface area contributed by atoms with Crippen molar-refractivity contribution in [1.29, 1.82) is 0 Å². The van der Waals surface area contributed by atoms with Gasteiger partial charge in [0, 0.05) is 22.4 Å². The number of nitrogens with zero attached hydrogens (tertiary/aromatic N) is 3. The van der Waals surface area contributed by atoms with Gasteiger partial charge in [-0.25, -0.2) is 0 Å². The molecule has 0 bridgehead atoms. The lowest BCUT2D eigenvalue weighted by Crippen LogP contribution is -2.16. The molecule has 1 amide bonds. The van der Waals surface area contributed by atoms with Crippen LogP contribution >= 0.6 is 34.7 Å². The molecule has 0 unspecified atom stereocenters. The summed E-state index contributed by atoms with van der Waals surface area (Å²) in [4.78, 5) is 13.6. The molecule has 2 aromatic heterocycles. The number of alkyl halides is 3. The van der Waals surface area contributed by atoms with Gasteiger partial charge in [0.25, 0.3) is 0 Å². The van der Waals surface area contributed by atoms with Crippen LogP contribution in [-0.4, -0.2) is 26.4 Å². The van der Waals surface area contributed by atoms with Crippen molar-refractivity contribution in [2.75, 3.05) is 11.1 Å². The number of hydrogen-bond acceptors (Lipinski definition) is 5. The molecule has 0 aliphatic carbocycles. The number of rotatable bonds is 7. The minimum absolute atomic E-state index is 0.0313. The van der Waals surface area contributed by atoms with Gasteiger partial charge in [-0.1, -0.05) is 37.2 Å². The molecule has 31 heavy (non-hydrogen) atoms. The molecule has 0 aliphatic heterocycles. The number of amides is 1. The van der Waals surface area contributed by atoms with E-state index in [2.05, 4.69) is 35.4 Å². The first-order valence-electron chi connectivity index (χ1n) is 9.41. The van der Waals surface area contributed by atoms with Gasteiger partial charge in [0.1, 0.15) is 0 Å². The van der Waals surface area contributed by atoms with Crippen molar-refractivity contribution >= 4 is 46.3 Å². The lowest BCUT2D eigenvalue weighted by atomic mass is 10.1. The zero-order chi connectivity index (χ0) is 22.8. The Morgan fingerprint density at radius 1 is 1.29 bits per heavy atom. The van der Waals surface area contributed by atoms with Gasteiger partial charge >= 0.3 is 6.18 Å². The van der Waals surface area contributed by atoms with Gasteiger partial charge in [-0.05, 0) is 37.1 Å². The maximum absolute atomic E-state index is 12.9. The molecule has 1 N–H and O–H groups in total. The first-order valence-corrected chi connectivity index (χ1v) is 11.7. The van der Waals surface area contributed by atoms with Crippen LogP contribution in [0.25, 0.3) is 11.4 Å². The predicted molar refractivity (Wildman–Crippen MR) is 119 cm³/mol. The fraction of sp³-hybridized carbons (Fsp3) is 0.350. The molecule has 2 heterocycles. The third kappa shape index (κ3) is 5.61. The van der Waals surface area contributed by atoms with Crippen LogP contribution in [0, 0.1) is 0 Å². The quantitative estimate of drug-likeness (QED) is 0.383. The van der Waals surface area contributed by atoms with Crippen LogP contribution in [-0.2, 0) is 17.5 Å². The smallest absolute Gasteiger partial charge is 0.324 e. The van der Waals surface area contributed by atoms with E-state index in [1.807, 2.05) is 16.9 Å². The van der Waals surface area contributed by atoms with Crippen LogP contribution in [0.1, 0.15) is 37.1 Å². The van der Waals surface area contributed by atoms with Crippen molar-refractivity contribution in [3.8, 4) is 11.4 Å². The molecule has 3 aromatic rings. The van der Waals surface area contributed by atoms with E-state index in [9.17, 15) is 18.0 Å². The zero-order valence-corrected chi connectivity index (χ0v) is 19.3. The summed E-state index contributed by atoms with van der Waals surface area (Å²) in [5.74, 6) is 0.591. The van der Waals surface area contributed by atoms with Crippen molar-refractivity contribution < 1.29 is 18.0 Å². The molecule has 11 heteroatoms. The summed E-state index contributed by atoms with van der Waals surface area (Å²) in [7, 11) is 0. The van der Waals surface area contributed by atoms with Crippen molar-refractivity contribution in [2.24, 2.45) is 0 Å². The van der Waals surface area contributed by atoms with Crippen LogP contribution < -0.4 is 5.32 Å². The second-order valence-electron chi connectivity index (χ2n) is 6.97. The largest absolute Gasteiger partial charge is 0.416 e. The molecule has 0 fully saturated rings.